The highest BCUT2D eigenvalue weighted by atomic mass is 33.1. The Morgan fingerprint density at radius 1 is 1.50 bits per heavy atom. The van der Waals surface area contributed by atoms with E-state index >= 15 is 0 Å². The molecule has 3 nitrogen and oxygen atoms in total. The Kier molecular flexibility index (Phi) is 1.39. The summed E-state index contributed by atoms with van der Waals surface area (Å²) in [5, 5.41) is 1.12. The monoisotopic (exact) mass is 149 g/mol. The number of allylic oxidation sites excluding steroid dienone is 1. The van der Waals surface area contributed by atoms with E-state index in [2.05, 4.69) is 4.40 Å². The highest BCUT2D eigenvalue weighted by Crippen LogP contribution is 2.17. The molecule has 0 bridgehead atoms. The van der Waals surface area contributed by atoms with Crippen LogP contribution in [0.5, 0.6) is 0 Å². The molecule has 0 radical (unpaired) electrons. The SMILES string of the molecule is O=S1(=O)C=CC=NS1. The average molecular weight is 149 g/mol. The van der Waals surface area contributed by atoms with Gasteiger partial charge in [-0.1, -0.05) is 0 Å². The lowest BCUT2D eigenvalue weighted by atomic mass is 10.7. The second-order valence-corrected chi connectivity index (χ2v) is 4.61. The van der Waals surface area contributed by atoms with Crippen LogP contribution in [0.25, 0.3) is 0 Å². The molecule has 0 saturated heterocycles. The van der Waals surface area contributed by atoms with Gasteiger partial charge in [0.1, 0.15) is 11.0 Å². The fourth-order valence-electron chi connectivity index (χ4n) is 0.276. The van der Waals surface area contributed by atoms with Crippen LogP contribution in [-0.4, -0.2) is 14.6 Å². The van der Waals surface area contributed by atoms with Crippen LogP contribution in [0.4, 0.5) is 0 Å². The predicted octanol–water partition coefficient (Wildman–Crippen LogP) is 0.563. The third-order valence-electron chi connectivity index (χ3n) is 0.539. The molecule has 0 atom stereocenters. The fraction of sp³-hybridized carbons (Fsp3) is 0. The summed E-state index contributed by atoms with van der Waals surface area (Å²) in [6.07, 6.45) is 2.83. The normalized spacial score (nSPS) is 23.5. The molecule has 1 heterocycles. The summed E-state index contributed by atoms with van der Waals surface area (Å²) in [6, 6.07) is 0. The van der Waals surface area contributed by atoms with Crippen LogP contribution in [0, 0.1) is 0 Å². The van der Waals surface area contributed by atoms with Crippen LogP contribution in [0.3, 0.4) is 0 Å². The highest BCUT2D eigenvalue weighted by molar-refractivity contribution is 8.72. The summed E-state index contributed by atoms with van der Waals surface area (Å²) in [6.45, 7) is 0. The van der Waals surface area contributed by atoms with Gasteiger partial charge in [0, 0.05) is 11.6 Å². The summed E-state index contributed by atoms with van der Waals surface area (Å²) >= 11 is 0. The summed E-state index contributed by atoms with van der Waals surface area (Å²) < 4.78 is 24.3. The number of rotatable bonds is 0. The van der Waals surface area contributed by atoms with Gasteiger partial charge in [0.15, 0.2) is 0 Å². The molecule has 0 aromatic carbocycles. The van der Waals surface area contributed by atoms with E-state index in [1.807, 2.05) is 0 Å². The fourth-order valence-corrected chi connectivity index (χ4v) is 1.68. The average Bonchev–Trinajstić information content (AvgIpc) is 1.65. The van der Waals surface area contributed by atoms with E-state index < -0.39 is 8.87 Å². The first-order valence-electron chi connectivity index (χ1n) is 1.84. The second-order valence-electron chi connectivity index (χ2n) is 1.15. The molecule has 8 heavy (non-hydrogen) atoms. The Balaban J connectivity index is 2.98. The quantitative estimate of drug-likeness (QED) is 0.373. The molecule has 0 aromatic heterocycles. The summed E-state index contributed by atoms with van der Waals surface area (Å²) in [5.41, 5.74) is 0. The van der Waals surface area contributed by atoms with Crippen LogP contribution in [0.2, 0.25) is 0 Å². The van der Waals surface area contributed by atoms with Gasteiger partial charge >= 0.3 is 0 Å². The van der Waals surface area contributed by atoms with Gasteiger partial charge in [-0.25, -0.2) is 12.8 Å². The molecule has 0 N–H and O–H groups in total. The van der Waals surface area contributed by atoms with Crippen LogP contribution in [0.1, 0.15) is 0 Å². The molecule has 0 saturated carbocycles. The van der Waals surface area contributed by atoms with Gasteiger partial charge in [0.05, 0.1) is 0 Å². The summed E-state index contributed by atoms with van der Waals surface area (Å²) in [5.74, 6) is 0. The zero-order valence-corrected chi connectivity index (χ0v) is 5.45. The maximum atomic E-state index is 10.4. The Hall–Kier alpha value is -0.290. The van der Waals surface area contributed by atoms with Crippen molar-refractivity contribution in [3.05, 3.63) is 11.5 Å². The largest absolute Gasteiger partial charge is 0.244 e. The van der Waals surface area contributed by atoms with Crippen LogP contribution in [0.15, 0.2) is 15.9 Å². The van der Waals surface area contributed by atoms with Crippen molar-refractivity contribution in [1.29, 1.82) is 0 Å². The van der Waals surface area contributed by atoms with Gasteiger partial charge in [-0.3, -0.25) is 0 Å². The lowest BCUT2D eigenvalue weighted by molar-refractivity contribution is 0.618. The van der Waals surface area contributed by atoms with E-state index in [-0.39, 0.29) is 0 Å². The highest BCUT2D eigenvalue weighted by Gasteiger charge is 2.06. The standard InChI is InChI=1S/C3H3NO2S2/c5-8(6)3-1-2-4-7-8/h1-3H. The number of hydrogen-bond donors (Lipinski definition) is 0. The molecule has 5 heteroatoms. The van der Waals surface area contributed by atoms with Crippen molar-refractivity contribution < 1.29 is 8.42 Å². The zero-order valence-electron chi connectivity index (χ0n) is 3.81. The first-order chi connectivity index (χ1) is 3.71. The van der Waals surface area contributed by atoms with Gasteiger partial charge < -0.3 is 0 Å². The van der Waals surface area contributed by atoms with E-state index in [4.69, 9.17) is 0 Å². The minimum atomic E-state index is -3.04. The van der Waals surface area contributed by atoms with Crippen LogP contribution >= 0.6 is 11.0 Å². The molecule has 0 aromatic rings. The van der Waals surface area contributed by atoms with Crippen LogP contribution in [-0.2, 0) is 8.87 Å². The van der Waals surface area contributed by atoms with Crippen LogP contribution < -0.4 is 0 Å². The van der Waals surface area contributed by atoms with Crippen molar-refractivity contribution in [2.45, 2.75) is 0 Å². The Morgan fingerprint density at radius 3 is 2.50 bits per heavy atom. The predicted molar refractivity (Wildman–Crippen MR) is 34.1 cm³/mol. The molecule has 0 amide bonds. The Bertz CT molecular complexity index is 226. The van der Waals surface area contributed by atoms with E-state index in [1.165, 1.54) is 12.3 Å². The van der Waals surface area contributed by atoms with E-state index in [0.717, 1.165) is 5.41 Å². The first kappa shape index (κ1) is 5.84. The van der Waals surface area contributed by atoms with Gasteiger partial charge in [-0.15, -0.1) is 0 Å². The molecule has 1 aliphatic rings. The molecular formula is C3H3NO2S2. The minimum absolute atomic E-state index is 0.575. The maximum absolute atomic E-state index is 10.4. The third-order valence-corrected chi connectivity index (χ3v) is 2.66. The number of nitrogens with zero attached hydrogens (tertiary/aromatic N) is 1. The smallest absolute Gasteiger partial charge is 0.211 e. The van der Waals surface area contributed by atoms with Crippen molar-refractivity contribution in [3.63, 3.8) is 0 Å². The van der Waals surface area contributed by atoms with Gasteiger partial charge in [-0.2, -0.15) is 0 Å². The molecule has 1 rings (SSSR count). The van der Waals surface area contributed by atoms with Crippen molar-refractivity contribution in [2.24, 2.45) is 4.40 Å². The van der Waals surface area contributed by atoms with Gasteiger partial charge in [0.2, 0.25) is 8.87 Å². The molecule has 0 spiro atoms. The first-order valence-corrected chi connectivity index (χ1v) is 4.68. The topological polar surface area (TPSA) is 46.5 Å². The van der Waals surface area contributed by atoms with Crippen molar-refractivity contribution >= 4 is 26.1 Å². The Labute approximate surface area is 51.0 Å². The second kappa shape index (κ2) is 1.91. The third kappa shape index (κ3) is 1.34. The van der Waals surface area contributed by atoms with Gasteiger partial charge in [0.25, 0.3) is 0 Å². The lowest BCUT2D eigenvalue weighted by Gasteiger charge is -1.91. The molecule has 0 unspecified atom stereocenters. The van der Waals surface area contributed by atoms with E-state index in [1.54, 1.807) is 0 Å². The zero-order chi connectivity index (χ0) is 6.04. The van der Waals surface area contributed by atoms with Crippen molar-refractivity contribution in [1.82, 2.24) is 0 Å². The lowest BCUT2D eigenvalue weighted by Crippen LogP contribution is -1.88. The Morgan fingerprint density at radius 2 is 2.25 bits per heavy atom. The summed E-state index contributed by atoms with van der Waals surface area (Å²) in [7, 11) is -2.47. The van der Waals surface area contributed by atoms with E-state index in [9.17, 15) is 8.42 Å². The number of hydrogen-bond acceptors (Lipinski definition) is 4. The molecule has 0 aliphatic carbocycles. The van der Waals surface area contributed by atoms with E-state index in [0.29, 0.717) is 11.0 Å². The van der Waals surface area contributed by atoms with Gasteiger partial charge in [-0.05, 0) is 6.08 Å². The van der Waals surface area contributed by atoms with Crippen molar-refractivity contribution in [2.75, 3.05) is 0 Å². The molecule has 0 fully saturated rings. The molecule has 1 aliphatic heterocycles. The summed E-state index contributed by atoms with van der Waals surface area (Å²) in [4.78, 5) is 0. The maximum Gasteiger partial charge on any atom is 0.244 e. The molecule has 44 valence electrons. The molecular weight excluding hydrogens is 146 g/mol. The minimum Gasteiger partial charge on any atom is -0.211 e. The van der Waals surface area contributed by atoms with Crippen molar-refractivity contribution in [3.8, 4) is 0 Å².